The predicted molar refractivity (Wildman–Crippen MR) is 78.8 cm³/mol. The van der Waals surface area contributed by atoms with Crippen molar-refractivity contribution in [3.8, 4) is 0 Å². The van der Waals surface area contributed by atoms with Crippen molar-refractivity contribution in [2.24, 2.45) is 0 Å². The van der Waals surface area contributed by atoms with Crippen LogP contribution in [0.2, 0.25) is 0 Å². The summed E-state index contributed by atoms with van der Waals surface area (Å²) >= 11 is 1.87. The van der Waals surface area contributed by atoms with E-state index < -0.39 is 0 Å². The van der Waals surface area contributed by atoms with E-state index in [4.69, 9.17) is 0 Å². The average molecular weight is 253 g/mol. The Hall–Kier alpha value is -0.340. The lowest BCUT2D eigenvalue weighted by molar-refractivity contribution is 0.470. The number of hydrogen-bond acceptors (Lipinski definition) is 2. The highest BCUT2D eigenvalue weighted by Crippen LogP contribution is 2.26. The summed E-state index contributed by atoms with van der Waals surface area (Å²) in [5.74, 6) is 0. The number of unbranched alkanes of at least 4 members (excludes halogenated alkanes) is 3. The Labute approximate surface area is 111 Å². The third kappa shape index (κ3) is 5.22. The van der Waals surface area contributed by atoms with E-state index in [9.17, 15) is 0 Å². The molecule has 1 heterocycles. The summed E-state index contributed by atoms with van der Waals surface area (Å²) in [5, 5.41) is 5.92. The Bertz CT molecular complexity index is 293. The van der Waals surface area contributed by atoms with Gasteiger partial charge in [-0.3, -0.25) is 0 Å². The number of rotatable bonds is 9. The molecule has 0 aliphatic rings. The van der Waals surface area contributed by atoms with Gasteiger partial charge in [-0.05, 0) is 43.3 Å². The normalized spacial score (nSPS) is 12.9. The molecule has 1 nitrogen and oxygen atoms in total. The highest BCUT2D eigenvalue weighted by Gasteiger charge is 2.13. The maximum absolute atomic E-state index is 3.70. The van der Waals surface area contributed by atoms with E-state index in [1.165, 1.54) is 49.0 Å². The van der Waals surface area contributed by atoms with Crippen LogP contribution in [-0.4, -0.2) is 6.54 Å². The Balaban J connectivity index is 2.46. The SMILES string of the molecule is CCCCCCC(NCCC)c1ccsc1C. The fourth-order valence-corrected chi connectivity index (χ4v) is 2.98. The smallest absolute Gasteiger partial charge is 0.0331 e. The first-order valence-corrected chi connectivity index (χ1v) is 7.94. The average Bonchev–Trinajstić information content (AvgIpc) is 2.75. The summed E-state index contributed by atoms with van der Waals surface area (Å²) in [6.07, 6.45) is 7.94. The molecule has 2 heteroatoms. The summed E-state index contributed by atoms with van der Waals surface area (Å²) in [7, 11) is 0. The summed E-state index contributed by atoms with van der Waals surface area (Å²) in [6.45, 7) is 7.89. The van der Waals surface area contributed by atoms with Gasteiger partial charge in [-0.25, -0.2) is 0 Å². The lowest BCUT2D eigenvalue weighted by atomic mass is 10.0. The maximum Gasteiger partial charge on any atom is 0.0331 e. The van der Waals surface area contributed by atoms with Gasteiger partial charge in [-0.15, -0.1) is 11.3 Å². The third-order valence-corrected chi connectivity index (χ3v) is 4.12. The molecule has 0 radical (unpaired) electrons. The number of hydrogen-bond donors (Lipinski definition) is 1. The van der Waals surface area contributed by atoms with Gasteiger partial charge in [-0.1, -0.05) is 39.5 Å². The van der Waals surface area contributed by atoms with Gasteiger partial charge in [0.25, 0.3) is 0 Å². The largest absolute Gasteiger partial charge is 0.310 e. The van der Waals surface area contributed by atoms with Crippen LogP contribution in [-0.2, 0) is 0 Å². The highest BCUT2D eigenvalue weighted by molar-refractivity contribution is 7.10. The van der Waals surface area contributed by atoms with Gasteiger partial charge in [0.05, 0.1) is 0 Å². The van der Waals surface area contributed by atoms with Gasteiger partial charge in [0.2, 0.25) is 0 Å². The fourth-order valence-electron chi connectivity index (χ4n) is 2.22. The van der Waals surface area contributed by atoms with Crippen LogP contribution in [0.3, 0.4) is 0 Å². The zero-order valence-electron chi connectivity index (χ0n) is 11.6. The molecule has 0 aliphatic carbocycles. The van der Waals surface area contributed by atoms with Crippen LogP contribution in [0.25, 0.3) is 0 Å². The lowest BCUT2D eigenvalue weighted by Crippen LogP contribution is -2.22. The van der Waals surface area contributed by atoms with Gasteiger partial charge in [0.15, 0.2) is 0 Å². The van der Waals surface area contributed by atoms with E-state index in [1.54, 1.807) is 0 Å². The molecule has 0 saturated carbocycles. The quantitative estimate of drug-likeness (QED) is 0.606. The summed E-state index contributed by atoms with van der Waals surface area (Å²) in [6, 6.07) is 2.88. The molecule has 1 aromatic heterocycles. The van der Waals surface area contributed by atoms with Gasteiger partial charge < -0.3 is 5.32 Å². The Morgan fingerprint density at radius 2 is 2.00 bits per heavy atom. The fraction of sp³-hybridized carbons (Fsp3) is 0.733. The van der Waals surface area contributed by atoms with E-state index in [2.05, 4.69) is 37.5 Å². The second-order valence-electron chi connectivity index (χ2n) is 4.79. The molecular weight excluding hydrogens is 226 g/mol. The minimum absolute atomic E-state index is 0.582. The second kappa shape index (κ2) is 8.71. The van der Waals surface area contributed by atoms with E-state index in [0.717, 1.165) is 6.54 Å². The minimum atomic E-state index is 0.582. The molecule has 0 fully saturated rings. The molecule has 1 rings (SSSR count). The molecule has 17 heavy (non-hydrogen) atoms. The molecule has 1 atom stereocenters. The highest BCUT2D eigenvalue weighted by atomic mass is 32.1. The van der Waals surface area contributed by atoms with Gasteiger partial charge >= 0.3 is 0 Å². The molecule has 1 N–H and O–H groups in total. The van der Waals surface area contributed by atoms with E-state index in [-0.39, 0.29) is 0 Å². The first kappa shape index (κ1) is 14.7. The summed E-state index contributed by atoms with van der Waals surface area (Å²) in [5.41, 5.74) is 1.53. The Morgan fingerprint density at radius 1 is 1.18 bits per heavy atom. The van der Waals surface area contributed by atoms with Crippen LogP contribution in [0.15, 0.2) is 11.4 Å². The van der Waals surface area contributed by atoms with Crippen molar-refractivity contribution in [3.63, 3.8) is 0 Å². The van der Waals surface area contributed by atoms with Crippen molar-refractivity contribution in [1.29, 1.82) is 0 Å². The van der Waals surface area contributed by atoms with Crippen LogP contribution in [0.5, 0.6) is 0 Å². The van der Waals surface area contributed by atoms with Crippen molar-refractivity contribution in [2.75, 3.05) is 6.54 Å². The van der Waals surface area contributed by atoms with Crippen molar-refractivity contribution in [2.45, 2.75) is 65.3 Å². The zero-order chi connectivity index (χ0) is 12.5. The molecule has 0 bridgehead atoms. The van der Waals surface area contributed by atoms with Crippen LogP contribution < -0.4 is 5.32 Å². The van der Waals surface area contributed by atoms with Crippen molar-refractivity contribution in [1.82, 2.24) is 5.32 Å². The molecule has 1 aromatic rings. The van der Waals surface area contributed by atoms with Gasteiger partial charge in [-0.2, -0.15) is 0 Å². The van der Waals surface area contributed by atoms with Crippen LogP contribution in [0, 0.1) is 6.92 Å². The molecule has 0 aliphatic heterocycles. The second-order valence-corrected chi connectivity index (χ2v) is 5.91. The van der Waals surface area contributed by atoms with Crippen LogP contribution in [0.4, 0.5) is 0 Å². The van der Waals surface area contributed by atoms with Gasteiger partial charge in [0.1, 0.15) is 0 Å². The monoisotopic (exact) mass is 253 g/mol. The van der Waals surface area contributed by atoms with Crippen molar-refractivity contribution >= 4 is 11.3 Å². The van der Waals surface area contributed by atoms with Crippen molar-refractivity contribution < 1.29 is 0 Å². The molecule has 0 spiro atoms. The molecular formula is C15H27NS. The van der Waals surface area contributed by atoms with Crippen molar-refractivity contribution in [3.05, 3.63) is 21.9 Å². The Kier molecular flexibility index (Phi) is 7.54. The van der Waals surface area contributed by atoms with E-state index in [1.807, 2.05) is 11.3 Å². The standard InChI is InChI=1S/C15H27NS/c1-4-6-7-8-9-15(16-11-5-2)14-10-12-17-13(14)3/h10,12,15-16H,4-9,11H2,1-3H3. The third-order valence-electron chi connectivity index (χ3n) is 3.26. The summed E-state index contributed by atoms with van der Waals surface area (Å²) < 4.78 is 0. The van der Waals surface area contributed by atoms with E-state index >= 15 is 0 Å². The van der Waals surface area contributed by atoms with Gasteiger partial charge in [0, 0.05) is 10.9 Å². The molecule has 0 saturated heterocycles. The molecule has 1 unspecified atom stereocenters. The topological polar surface area (TPSA) is 12.0 Å². The number of aryl methyl sites for hydroxylation is 1. The lowest BCUT2D eigenvalue weighted by Gasteiger charge is -2.18. The number of thiophene rings is 1. The minimum Gasteiger partial charge on any atom is -0.310 e. The first-order chi connectivity index (χ1) is 8.29. The molecule has 0 aromatic carbocycles. The molecule has 98 valence electrons. The van der Waals surface area contributed by atoms with Crippen LogP contribution >= 0.6 is 11.3 Å². The maximum atomic E-state index is 3.70. The van der Waals surface area contributed by atoms with E-state index in [0.29, 0.717) is 6.04 Å². The number of nitrogens with one attached hydrogen (secondary N) is 1. The first-order valence-electron chi connectivity index (χ1n) is 7.07. The van der Waals surface area contributed by atoms with Crippen LogP contribution in [0.1, 0.15) is 68.9 Å². The predicted octanol–water partition coefficient (Wildman–Crippen LogP) is 5.07. The Morgan fingerprint density at radius 3 is 2.59 bits per heavy atom. The summed E-state index contributed by atoms with van der Waals surface area (Å²) in [4.78, 5) is 1.48. The molecule has 0 amide bonds. The zero-order valence-corrected chi connectivity index (χ0v) is 12.4.